The second kappa shape index (κ2) is 6.81. The minimum absolute atomic E-state index is 0.360. The van der Waals surface area contributed by atoms with Crippen LogP contribution in [0.1, 0.15) is 20.1 Å². The molecule has 114 valence electrons. The molecular weight excluding hydrogens is 356 g/mol. The average Bonchev–Trinajstić information content (AvgIpc) is 3.00. The van der Waals surface area contributed by atoms with Gasteiger partial charge in [-0.3, -0.25) is 4.57 Å². The second-order valence-corrected chi connectivity index (χ2v) is 6.54. The van der Waals surface area contributed by atoms with Crippen LogP contribution in [0.25, 0.3) is 0 Å². The third kappa shape index (κ3) is 3.99. The van der Waals surface area contributed by atoms with Crippen LogP contribution in [0, 0.1) is 5.41 Å². The molecule has 0 fully saturated rings. The van der Waals surface area contributed by atoms with Crippen LogP contribution in [0.2, 0.25) is 5.02 Å². The highest BCUT2D eigenvalue weighted by Gasteiger charge is 2.36. The Hall–Kier alpha value is -1.04. The van der Waals surface area contributed by atoms with E-state index in [1.807, 2.05) is 13.8 Å². The molecular formula is C15H18BrClN2O2. The molecule has 0 saturated carbocycles. The summed E-state index contributed by atoms with van der Waals surface area (Å²) in [5, 5.41) is 12.0. The van der Waals surface area contributed by atoms with Crippen LogP contribution in [0.15, 0.2) is 43.0 Å². The van der Waals surface area contributed by atoms with Crippen LogP contribution in [-0.2, 0) is 0 Å². The Morgan fingerprint density at radius 1 is 1.38 bits per heavy atom. The molecule has 1 aromatic heterocycles. The van der Waals surface area contributed by atoms with E-state index in [1.54, 1.807) is 47.6 Å². The van der Waals surface area contributed by atoms with E-state index in [0.29, 0.717) is 16.1 Å². The van der Waals surface area contributed by atoms with E-state index < -0.39 is 12.3 Å². The molecule has 2 atom stereocenters. The van der Waals surface area contributed by atoms with E-state index in [9.17, 15) is 5.11 Å². The van der Waals surface area contributed by atoms with Crippen LogP contribution in [0.3, 0.4) is 0 Å². The van der Waals surface area contributed by atoms with E-state index in [0.717, 1.165) is 0 Å². The smallest absolute Gasteiger partial charge is 0.203 e. The van der Waals surface area contributed by atoms with Gasteiger partial charge in [-0.2, -0.15) is 0 Å². The zero-order chi connectivity index (χ0) is 15.5. The van der Waals surface area contributed by atoms with E-state index in [1.165, 1.54) is 0 Å². The van der Waals surface area contributed by atoms with Crippen molar-refractivity contribution in [1.82, 2.24) is 9.55 Å². The standard InChI is InChI=1S/C15H18BrClN2O2/c1-15(2,9-16)13(20)14(19-8-7-18-10-19)21-12-5-3-11(17)4-6-12/h3-8,10,13-14,20H,9H2,1-2H3. The fraction of sp³-hybridized carbons (Fsp3) is 0.400. The summed E-state index contributed by atoms with van der Waals surface area (Å²) in [5.74, 6) is 0.641. The monoisotopic (exact) mass is 372 g/mol. The van der Waals surface area contributed by atoms with E-state index in [-0.39, 0.29) is 5.41 Å². The molecule has 2 unspecified atom stereocenters. The quantitative estimate of drug-likeness (QED) is 0.781. The SMILES string of the molecule is CC(C)(CBr)C(O)C(Oc1ccc(Cl)cc1)n1ccnc1. The van der Waals surface area contributed by atoms with Gasteiger partial charge >= 0.3 is 0 Å². The van der Waals surface area contributed by atoms with Gasteiger partial charge in [0.05, 0.1) is 6.33 Å². The molecule has 0 aliphatic carbocycles. The summed E-state index contributed by atoms with van der Waals surface area (Å²) in [6, 6.07) is 7.06. The van der Waals surface area contributed by atoms with Crippen molar-refractivity contribution in [3.8, 4) is 5.75 Å². The Labute approximate surface area is 137 Å². The van der Waals surface area contributed by atoms with Crippen molar-refractivity contribution in [3.63, 3.8) is 0 Å². The van der Waals surface area contributed by atoms with Gasteiger partial charge in [-0.1, -0.05) is 41.4 Å². The van der Waals surface area contributed by atoms with Gasteiger partial charge < -0.3 is 9.84 Å². The third-order valence-electron chi connectivity index (χ3n) is 3.30. The maximum absolute atomic E-state index is 10.7. The molecule has 0 aliphatic rings. The van der Waals surface area contributed by atoms with Crippen LogP contribution < -0.4 is 4.74 Å². The number of alkyl halides is 1. The lowest BCUT2D eigenvalue weighted by Gasteiger charge is -2.35. The largest absolute Gasteiger partial charge is 0.467 e. The van der Waals surface area contributed by atoms with Crippen molar-refractivity contribution in [1.29, 1.82) is 0 Å². The molecule has 0 bridgehead atoms. The maximum atomic E-state index is 10.7. The Bertz CT molecular complexity index is 558. The molecule has 21 heavy (non-hydrogen) atoms. The summed E-state index contributed by atoms with van der Waals surface area (Å²) in [5.41, 5.74) is -0.360. The van der Waals surface area contributed by atoms with Crippen molar-refractivity contribution >= 4 is 27.5 Å². The number of hydrogen-bond donors (Lipinski definition) is 1. The fourth-order valence-electron chi connectivity index (χ4n) is 1.83. The molecule has 2 aromatic rings. The predicted octanol–water partition coefficient (Wildman–Crippen LogP) is 3.90. The van der Waals surface area contributed by atoms with Crippen LogP contribution >= 0.6 is 27.5 Å². The maximum Gasteiger partial charge on any atom is 0.203 e. The minimum Gasteiger partial charge on any atom is -0.467 e. The minimum atomic E-state index is -0.721. The van der Waals surface area contributed by atoms with E-state index in [2.05, 4.69) is 20.9 Å². The van der Waals surface area contributed by atoms with Crippen molar-refractivity contribution in [2.45, 2.75) is 26.2 Å². The lowest BCUT2D eigenvalue weighted by atomic mass is 9.88. The first-order valence-electron chi connectivity index (χ1n) is 6.58. The van der Waals surface area contributed by atoms with Crippen molar-refractivity contribution in [3.05, 3.63) is 48.0 Å². The number of rotatable bonds is 6. The molecule has 0 saturated heterocycles. The highest BCUT2D eigenvalue weighted by molar-refractivity contribution is 9.09. The van der Waals surface area contributed by atoms with E-state index in [4.69, 9.17) is 16.3 Å². The van der Waals surface area contributed by atoms with Crippen molar-refractivity contribution in [2.24, 2.45) is 5.41 Å². The summed E-state index contributed by atoms with van der Waals surface area (Å²) in [6.07, 6.45) is 3.77. The summed E-state index contributed by atoms with van der Waals surface area (Å²) < 4.78 is 7.71. The van der Waals surface area contributed by atoms with Crippen molar-refractivity contribution in [2.75, 3.05) is 5.33 Å². The fourth-order valence-corrected chi connectivity index (χ4v) is 2.28. The molecule has 1 N–H and O–H groups in total. The van der Waals surface area contributed by atoms with Crippen LogP contribution in [0.4, 0.5) is 0 Å². The first-order chi connectivity index (χ1) is 9.94. The molecule has 1 aromatic carbocycles. The number of halogens is 2. The first-order valence-corrected chi connectivity index (χ1v) is 8.07. The number of benzene rings is 1. The highest BCUT2D eigenvalue weighted by Crippen LogP contribution is 2.32. The zero-order valence-electron chi connectivity index (χ0n) is 11.9. The van der Waals surface area contributed by atoms with Gasteiger partial charge in [-0.15, -0.1) is 0 Å². The summed E-state index contributed by atoms with van der Waals surface area (Å²) in [7, 11) is 0. The summed E-state index contributed by atoms with van der Waals surface area (Å²) in [6.45, 7) is 3.95. The van der Waals surface area contributed by atoms with Gasteiger partial charge in [0.15, 0.2) is 0 Å². The van der Waals surface area contributed by atoms with Gasteiger partial charge in [-0.05, 0) is 24.3 Å². The molecule has 0 amide bonds. The topological polar surface area (TPSA) is 47.3 Å². The van der Waals surface area contributed by atoms with Crippen LogP contribution in [0.5, 0.6) is 5.75 Å². The molecule has 0 spiro atoms. The number of aliphatic hydroxyl groups excluding tert-OH is 1. The lowest BCUT2D eigenvalue weighted by Crippen LogP contribution is -2.41. The molecule has 0 radical (unpaired) electrons. The van der Waals surface area contributed by atoms with E-state index >= 15 is 0 Å². The molecule has 2 rings (SSSR count). The molecule has 6 heteroatoms. The summed E-state index contributed by atoms with van der Waals surface area (Å²) in [4.78, 5) is 4.03. The molecule has 1 heterocycles. The number of aromatic nitrogens is 2. The Morgan fingerprint density at radius 3 is 2.57 bits per heavy atom. The Balaban J connectivity index is 2.27. The number of nitrogens with zero attached hydrogens (tertiary/aromatic N) is 2. The van der Waals surface area contributed by atoms with Gasteiger partial charge in [0, 0.05) is 28.2 Å². The van der Waals surface area contributed by atoms with Crippen LogP contribution in [-0.4, -0.2) is 26.1 Å². The Morgan fingerprint density at radius 2 is 2.05 bits per heavy atom. The van der Waals surface area contributed by atoms with Gasteiger partial charge in [0.25, 0.3) is 0 Å². The number of ether oxygens (including phenoxy) is 1. The third-order valence-corrected chi connectivity index (χ3v) is 5.00. The number of imidazole rings is 1. The highest BCUT2D eigenvalue weighted by atomic mass is 79.9. The predicted molar refractivity (Wildman–Crippen MR) is 86.9 cm³/mol. The number of hydrogen-bond acceptors (Lipinski definition) is 3. The first kappa shape index (κ1) is 16.3. The van der Waals surface area contributed by atoms with Gasteiger partial charge in [0.1, 0.15) is 11.9 Å². The Kier molecular flexibility index (Phi) is 5.30. The lowest BCUT2D eigenvalue weighted by molar-refractivity contribution is -0.0653. The molecule has 0 aliphatic heterocycles. The number of aliphatic hydroxyl groups is 1. The van der Waals surface area contributed by atoms with Crippen molar-refractivity contribution < 1.29 is 9.84 Å². The summed E-state index contributed by atoms with van der Waals surface area (Å²) >= 11 is 9.32. The van der Waals surface area contributed by atoms with Gasteiger partial charge in [0.2, 0.25) is 6.23 Å². The average molecular weight is 374 g/mol. The van der Waals surface area contributed by atoms with Gasteiger partial charge in [-0.25, -0.2) is 4.98 Å². The normalized spacial score (nSPS) is 14.7. The second-order valence-electron chi connectivity index (χ2n) is 5.54. The zero-order valence-corrected chi connectivity index (χ0v) is 14.3. The molecule has 4 nitrogen and oxygen atoms in total.